The van der Waals surface area contributed by atoms with E-state index in [1.807, 2.05) is 0 Å². The summed E-state index contributed by atoms with van der Waals surface area (Å²) >= 11 is 0. The van der Waals surface area contributed by atoms with Crippen molar-refractivity contribution in [2.45, 2.75) is 27.4 Å². The van der Waals surface area contributed by atoms with Crippen LogP contribution in [0.25, 0.3) is 0 Å². The van der Waals surface area contributed by atoms with Crippen LogP contribution in [0.4, 0.5) is 0 Å². The van der Waals surface area contributed by atoms with Crippen LogP contribution in [0.5, 0.6) is 0 Å². The predicted molar refractivity (Wildman–Crippen MR) is 123 cm³/mol. The smallest absolute Gasteiger partial charge is 0.355 e. The maximum Gasteiger partial charge on any atom is 0.355 e. The summed E-state index contributed by atoms with van der Waals surface area (Å²) in [6, 6.07) is 14.9. The topological polar surface area (TPSA) is 112 Å². The Hall–Kier alpha value is -4.20. The molecule has 8 nitrogen and oxygen atoms in total. The number of carbonyl (C=O) groups is 4. The van der Waals surface area contributed by atoms with Crippen LogP contribution in [-0.4, -0.2) is 41.9 Å². The highest BCUT2D eigenvalue weighted by molar-refractivity contribution is 6.14. The number of aromatic amines is 1. The Morgan fingerprint density at radius 3 is 1.97 bits per heavy atom. The van der Waals surface area contributed by atoms with Gasteiger partial charge in [0.05, 0.1) is 30.0 Å². The maximum absolute atomic E-state index is 12.9. The van der Waals surface area contributed by atoms with Crippen LogP contribution in [0.15, 0.2) is 54.6 Å². The first-order valence-electron chi connectivity index (χ1n) is 10.8. The fraction of sp³-hybridized carbons (Fsp3) is 0.231. The molecule has 34 heavy (non-hydrogen) atoms. The molecule has 0 amide bonds. The highest BCUT2D eigenvalue weighted by Crippen LogP contribution is 2.23. The SMILES string of the molecule is CCOC(=O)c1[nH]c(COC(=O)c2ccccc2C(=O)c2ccccc2)c(C(=O)OCC)c1C. The van der Waals surface area contributed by atoms with E-state index in [9.17, 15) is 19.2 Å². The molecule has 0 fully saturated rings. The van der Waals surface area contributed by atoms with Crippen LogP contribution in [0.2, 0.25) is 0 Å². The highest BCUT2D eigenvalue weighted by atomic mass is 16.5. The summed E-state index contributed by atoms with van der Waals surface area (Å²) in [5, 5.41) is 0. The minimum Gasteiger partial charge on any atom is -0.462 e. The van der Waals surface area contributed by atoms with Crippen LogP contribution in [0.3, 0.4) is 0 Å². The van der Waals surface area contributed by atoms with E-state index in [-0.39, 0.29) is 53.7 Å². The van der Waals surface area contributed by atoms with Gasteiger partial charge in [-0.2, -0.15) is 0 Å². The molecule has 3 aromatic rings. The molecule has 0 aliphatic rings. The van der Waals surface area contributed by atoms with Gasteiger partial charge in [0.15, 0.2) is 5.78 Å². The summed E-state index contributed by atoms with van der Waals surface area (Å²) in [4.78, 5) is 53.4. The largest absolute Gasteiger partial charge is 0.462 e. The van der Waals surface area contributed by atoms with E-state index in [4.69, 9.17) is 14.2 Å². The standard InChI is InChI=1S/C26H25NO7/c1-4-32-25(30)21-16(3)22(26(31)33-5-2)27-20(21)15-34-24(29)19-14-10-9-13-18(19)23(28)17-11-7-6-8-12-17/h6-14,27H,4-5,15H2,1-3H3. The third kappa shape index (κ3) is 5.23. The monoisotopic (exact) mass is 463 g/mol. The van der Waals surface area contributed by atoms with Crippen LogP contribution in [0, 0.1) is 6.92 Å². The zero-order valence-corrected chi connectivity index (χ0v) is 19.2. The molecule has 0 bridgehead atoms. The van der Waals surface area contributed by atoms with Gasteiger partial charge in [-0.3, -0.25) is 4.79 Å². The van der Waals surface area contributed by atoms with E-state index in [0.717, 1.165) is 0 Å². The second-order valence-corrected chi connectivity index (χ2v) is 7.24. The third-order valence-electron chi connectivity index (χ3n) is 5.06. The van der Waals surface area contributed by atoms with Crippen LogP contribution < -0.4 is 0 Å². The Labute approximate surface area is 196 Å². The Kier molecular flexibility index (Phi) is 7.97. The predicted octanol–water partition coefficient (Wildman–Crippen LogP) is 4.26. The average molecular weight is 463 g/mol. The van der Waals surface area contributed by atoms with Crippen molar-refractivity contribution in [3.8, 4) is 0 Å². The quantitative estimate of drug-likeness (QED) is 0.287. The van der Waals surface area contributed by atoms with Gasteiger partial charge in [0.2, 0.25) is 0 Å². The van der Waals surface area contributed by atoms with Crippen LogP contribution >= 0.6 is 0 Å². The van der Waals surface area contributed by atoms with Gasteiger partial charge in [-0.15, -0.1) is 0 Å². The van der Waals surface area contributed by atoms with Crippen molar-refractivity contribution in [2.24, 2.45) is 0 Å². The van der Waals surface area contributed by atoms with Crippen molar-refractivity contribution in [3.05, 3.63) is 93.8 Å². The fourth-order valence-electron chi connectivity index (χ4n) is 3.47. The zero-order valence-electron chi connectivity index (χ0n) is 19.2. The molecule has 1 N–H and O–H groups in total. The van der Waals surface area contributed by atoms with Gasteiger partial charge in [-0.05, 0) is 32.4 Å². The summed E-state index contributed by atoms with van der Waals surface area (Å²) < 4.78 is 15.6. The second-order valence-electron chi connectivity index (χ2n) is 7.24. The lowest BCUT2D eigenvalue weighted by Crippen LogP contribution is -2.14. The van der Waals surface area contributed by atoms with Gasteiger partial charge in [0, 0.05) is 11.1 Å². The first-order valence-corrected chi connectivity index (χ1v) is 10.8. The number of rotatable bonds is 9. The van der Waals surface area contributed by atoms with Gasteiger partial charge in [0.1, 0.15) is 12.3 Å². The molecule has 176 valence electrons. The number of nitrogens with one attached hydrogen (secondary N) is 1. The molecule has 0 spiro atoms. The number of esters is 3. The van der Waals surface area contributed by atoms with E-state index in [2.05, 4.69) is 4.98 Å². The van der Waals surface area contributed by atoms with Crippen molar-refractivity contribution in [1.29, 1.82) is 0 Å². The lowest BCUT2D eigenvalue weighted by molar-refractivity contribution is 0.0444. The molecule has 8 heteroatoms. The molecule has 0 aliphatic heterocycles. The van der Waals surface area contributed by atoms with E-state index in [0.29, 0.717) is 11.1 Å². The number of hydrogen-bond acceptors (Lipinski definition) is 7. The third-order valence-corrected chi connectivity index (χ3v) is 5.06. The first kappa shape index (κ1) is 24.4. The van der Waals surface area contributed by atoms with Gasteiger partial charge in [-0.1, -0.05) is 48.5 Å². The highest BCUT2D eigenvalue weighted by Gasteiger charge is 2.27. The van der Waals surface area contributed by atoms with Crippen LogP contribution in [0.1, 0.15) is 72.2 Å². The van der Waals surface area contributed by atoms with Gasteiger partial charge in [-0.25, -0.2) is 14.4 Å². The average Bonchev–Trinajstić information content (AvgIpc) is 3.19. The zero-order chi connectivity index (χ0) is 24.7. The molecule has 0 saturated heterocycles. The van der Waals surface area contributed by atoms with Gasteiger partial charge >= 0.3 is 17.9 Å². The molecule has 0 saturated carbocycles. The van der Waals surface area contributed by atoms with Crippen molar-refractivity contribution in [2.75, 3.05) is 13.2 Å². The summed E-state index contributed by atoms with van der Waals surface area (Å²) in [5.74, 6) is -2.36. The number of hydrogen-bond donors (Lipinski definition) is 1. The second kappa shape index (κ2) is 11.1. The van der Waals surface area contributed by atoms with Crippen molar-refractivity contribution in [1.82, 2.24) is 4.98 Å². The van der Waals surface area contributed by atoms with E-state index in [1.165, 1.54) is 6.07 Å². The number of ether oxygens (including phenoxy) is 3. The van der Waals surface area contributed by atoms with Crippen molar-refractivity contribution in [3.63, 3.8) is 0 Å². The summed E-state index contributed by atoms with van der Waals surface area (Å²) in [6.45, 7) is 4.84. The van der Waals surface area contributed by atoms with E-state index in [1.54, 1.807) is 69.3 Å². The van der Waals surface area contributed by atoms with Gasteiger partial charge < -0.3 is 19.2 Å². The Morgan fingerprint density at radius 1 is 0.735 bits per heavy atom. The lowest BCUT2D eigenvalue weighted by atomic mass is 9.98. The summed E-state index contributed by atoms with van der Waals surface area (Å²) in [6.07, 6.45) is 0. The van der Waals surface area contributed by atoms with E-state index >= 15 is 0 Å². The first-order chi connectivity index (χ1) is 16.4. The molecular formula is C26H25NO7. The number of H-pyrrole nitrogens is 1. The maximum atomic E-state index is 12.9. The van der Waals surface area contributed by atoms with Crippen molar-refractivity contribution >= 4 is 23.7 Å². The van der Waals surface area contributed by atoms with Crippen LogP contribution in [-0.2, 0) is 20.8 Å². The minimum absolute atomic E-state index is 0.0793. The fourth-order valence-corrected chi connectivity index (χ4v) is 3.47. The summed E-state index contributed by atoms with van der Waals surface area (Å²) in [7, 11) is 0. The Balaban J connectivity index is 1.88. The van der Waals surface area contributed by atoms with Gasteiger partial charge in [0.25, 0.3) is 0 Å². The molecule has 1 aromatic heterocycles. The van der Waals surface area contributed by atoms with E-state index < -0.39 is 17.9 Å². The molecule has 2 aromatic carbocycles. The van der Waals surface area contributed by atoms with Crippen molar-refractivity contribution < 1.29 is 33.4 Å². The normalized spacial score (nSPS) is 10.4. The molecule has 0 aliphatic carbocycles. The Morgan fingerprint density at radius 2 is 1.32 bits per heavy atom. The molecule has 1 heterocycles. The number of benzene rings is 2. The molecule has 0 unspecified atom stereocenters. The number of carbonyl (C=O) groups excluding carboxylic acids is 4. The number of aromatic nitrogens is 1. The molecule has 0 radical (unpaired) electrons. The molecular weight excluding hydrogens is 438 g/mol. The minimum atomic E-state index is -0.750. The summed E-state index contributed by atoms with van der Waals surface area (Å²) in [5.41, 5.74) is 1.43. The molecule has 0 atom stereocenters. The number of ketones is 1. The Bertz CT molecular complexity index is 1210. The molecule has 3 rings (SSSR count). The lowest BCUT2D eigenvalue weighted by Gasteiger charge is -2.10.